The molecule has 0 saturated carbocycles. The molecule has 0 aromatic carbocycles. The predicted molar refractivity (Wildman–Crippen MR) is 53.3 cm³/mol. The number of H-pyrrole nitrogens is 1. The maximum absolute atomic E-state index is 3.94. The van der Waals surface area contributed by atoms with Crippen LogP contribution in [0.1, 0.15) is 5.56 Å². The molecule has 3 N–H and O–H groups in total. The topological polar surface area (TPSA) is 65.6 Å². The Morgan fingerprint density at radius 2 is 2.00 bits per heavy atom. The highest BCUT2D eigenvalue weighted by Crippen LogP contribution is 1.97. The van der Waals surface area contributed by atoms with Crippen LogP contribution in [0.4, 0.5) is 5.82 Å². The van der Waals surface area contributed by atoms with E-state index < -0.39 is 0 Å². The molecule has 0 saturated heterocycles. The average molecular weight is 189 g/mol. The van der Waals surface area contributed by atoms with Crippen LogP contribution >= 0.6 is 0 Å². The number of hydrogen-bond acceptors (Lipinski definition) is 4. The molecule has 0 aliphatic rings. The van der Waals surface area contributed by atoms with Gasteiger partial charge in [-0.15, -0.1) is 0 Å². The highest BCUT2D eigenvalue weighted by molar-refractivity contribution is 5.29. The predicted octanol–water partition coefficient (Wildman–Crippen LogP) is 0.921. The van der Waals surface area contributed by atoms with Crippen molar-refractivity contribution in [2.75, 3.05) is 5.43 Å². The fourth-order valence-corrected chi connectivity index (χ4v) is 1.07. The molecule has 0 bridgehead atoms. The SMILES string of the molecule is c1cc(CNNc2ccn[nH]2)ccn1. The largest absolute Gasteiger partial charge is 0.306 e. The second kappa shape index (κ2) is 4.38. The van der Waals surface area contributed by atoms with E-state index in [1.165, 1.54) is 5.56 Å². The second-order valence-corrected chi connectivity index (χ2v) is 2.80. The van der Waals surface area contributed by atoms with Gasteiger partial charge in [-0.1, -0.05) is 0 Å². The quantitative estimate of drug-likeness (QED) is 0.626. The molecule has 2 aromatic rings. The maximum Gasteiger partial charge on any atom is 0.135 e. The Hall–Kier alpha value is -1.88. The van der Waals surface area contributed by atoms with E-state index in [1.54, 1.807) is 18.6 Å². The highest BCUT2D eigenvalue weighted by Gasteiger charge is 1.91. The number of nitrogens with one attached hydrogen (secondary N) is 3. The van der Waals surface area contributed by atoms with Crippen molar-refractivity contribution in [3.05, 3.63) is 42.4 Å². The number of rotatable bonds is 4. The van der Waals surface area contributed by atoms with Gasteiger partial charge in [0, 0.05) is 25.0 Å². The van der Waals surface area contributed by atoms with Gasteiger partial charge in [0.25, 0.3) is 0 Å². The van der Waals surface area contributed by atoms with Crippen molar-refractivity contribution < 1.29 is 0 Å². The van der Waals surface area contributed by atoms with E-state index >= 15 is 0 Å². The first-order valence-corrected chi connectivity index (χ1v) is 4.32. The van der Waals surface area contributed by atoms with Crippen LogP contribution in [0.2, 0.25) is 0 Å². The molecule has 0 aliphatic carbocycles. The molecular formula is C9H11N5. The fourth-order valence-electron chi connectivity index (χ4n) is 1.07. The minimum Gasteiger partial charge on any atom is -0.306 e. The third-order valence-corrected chi connectivity index (χ3v) is 1.77. The lowest BCUT2D eigenvalue weighted by Gasteiger charge is -2.05. The standard InChI is InChI=1S/C9H11N5/c1-4-10-5-2-8(1)7-12-14-9-3-6-11-13-9/h1-6,12H,7H2,(H2,11,13,14). The van der Waals surface area contributed by atoms with E-state index in [-0.39, 0.29) is 0 Å². The van der Waals surface area contributed by atoms with Crippen molar-refractivity contribution in [3.8, 4) is 0 Å². The third-order valence-electron chi connectivity index (χ3n) is 1.77. The van der Waals surface area contributed by atoms with Gasteiger partial charge in [-0.05, 0) is 17.7 Å². The van der Waals surface area contributed by atoms with Crippen LogP contribution in [-0.2, 0) is 6.54 Å². The van der Waals surface area contributed by atoms with Gasteiger partial charge in [0.1, 0.15) is 5.82 Å². The van der Waals surface area contributed by atoms with Crippen molar-refractivity contribution >= 4 is 5.82 Å². The summed E-state index contributed by atoms with van der Waals surface area (Å²) in [6.07, 6.45) is 5.23. The normalized spacial score (nSPS) is 10.0. The monoisotopic (exact) mass is 189 g/mol. The Labute approximate surface area is 81.5 Å². The van der Waals surface area contributed by atoms with Crippen molar-refractivity contribution in [3.63, 3.8) is 0 Å². The van der Waals surface area contributed by atoms with E-state index in [2.05, 4.69) is 26.0 Å². The van der Waals surface area contributed by atoms with Gasteiger partial charge in [0.05, 0.1) is 6.20 Å². The molecule has 0 radical (unpaired) electrons. The van der Waals surface area contributed by atoms with Crippen LogP contribution in [0.5, 0.6) is 0 Å². The zero-order valence-electron chi connectivity index (χ0n) is 7.57. The average Bonchev–Trinajstić information content (AvgIpc) is 2.72. The second-order valence-electron chi connectivity index (χ2n) is 2.80. The summed E-state index contributed by atoms with van der Waals surface area (Å²) in [6, 6.07) is 5.77. The lowest BCUT2D eigenvalue weighted by molar-refractivity contribution is 0.791. The van der Waals surface area contributed by atoms with Crippen LogP contribution in [-0.4, -0.2) is 15.2 Å². The van der Waals surface area contributed by atoms with Crippen LogP contribution in [0.25, 0.3) is 0 Å². The summed E-state index contributed by atoms with van der Waals surface area (Å²) in [4.78, 5) is 3.94. The summed E-state index contributed by atoms with van der Waals surface area (Å²) in [7, 11) is 0. The minimum absolute atomic E-state index is 0.738. The Kier molecular flexibility index (Phi) is 2.73. The van der Waals surface area contributed by atoms with Gasteiger partial charge < -0.3 is 5.43 Å². The zero-order chi connectivity index (χ0) is 9.64. The maximum atomic E-state index is 3.94. The Balaban J connectivity index is 1.79. The van der Waals surface area contributed by atoms with Crippen molar-refractivity contribution in [1.29, 1.82) is 0 Å². The highest BCUT2D eigenvalue weighted by atomic mass is 15.4. The molecule has 0 fully saturated rings. The molecular weight excluding hydrogens is 178 g/mol. The van der Waals surface area contributed by atoms with Gasteiger partial charge in [-0.25, -0.2) is 5.43 Å². The molecule has 0 unspecified atom stereocenters. The number of hydrazine groups is 1. The molecule has 2 rings (SSSR count). The van der Waals surface area contributed by atoms with Crippen LogP contribution in [0.15, 0.2) is 36.8 Å². The summed E-state index contributed by atoms with van der Waals surface area (Å²) in [5.41, 5.74) is 7.21. The summed E-state index contributed by atoms with van der Waals surface area (Å²) in [6.45, 7) is 0.738. The smallest absolute Gasteiger partial charge is 0.135 e. The van der Waals surface area contributed by atoms with Crippen molar-refractivity contribution in [1.82, 2.24) is 20.6 Å². The Morgan fingerprint density at radius 1 is 1.14 bits per heavy atom. The molecule has 72 valence electrons. The molecule has 2 heterocycles. The molecule has 0 atom stereocenters. The first-order chi connectivity index (χ1) is 6.95. The van der Waals surface area contributed by atoms with Crippen molar-refractivity contribution in [2.24, 2.45) is 0 Å². The molecule has 0 spiro atoms. The van der Waals surface area contributed by atoms with Gasteiger partial charge in [0.15, 0.2) is 0 Å². The lowest BCUT2D eigenvalue weighted by Crippen LogP contribution is -2.21. The van der Waals surface area contributed by atoms with Gasteiger partial charge >= 0.3 is 0 Å². The van der Waals surface area contributed by atoms with E-state index in [0.717, 1.165) is 12.4 Å². The number of nitrogens with zero attached hydrogens (tertiary/aromatic N) is 2. The summed E-state index contributed by atoms with van der Waals surface area (Å²) in [5.74, 6) is 0.846. The van der Waals surface area contributed by atoms with E-state index in [4.69, 9.17) is 0 Å². The van der Waals surface area contributed by atoms with Gasteiger partial charge in [-0.2, -0.15) is 5.10 Å². The number of aromatic amines is 1. The first-order valence-electron chi connectivity index (χ1n) is 4.32. The first kappa shape index (κ1) is 8.71. The van der Waals surface area contributed by atoms with Crippen LogP contribution in [0.3, 0.4) is 0 Å². The molecule has 0 amide bonds. The van der Waals surface area contributed by atoms with Crippen LogP contribution < -0.4 is 10.9 Å². The number of pyridine rings is 1. The summed E-state index contributed by atoms with van der Waals surface area (Å²) >= 11 is 0. The Bertz CT molecular complexity index is 356. The van der Waals surface area contributed by atoms with Gasteiger partial charge in [-0.3, -0.25) is 10.1 Å². The van der Waals surface area contributed by atoms with Gasteiger partial charge in [0.2, 0.25) is 0 Å². The fraction of sp³-hybridized carbons (Fsp3) is 0.111. The third kappa shape index (κ3) is 2.30. The number of anilines is 1. The summed E-state index contributed by atoms with van der Waals surface area (Å²) in [5, 5.41) is 6.60. The molecule has 5 heteroatoms. The minimum atomic E-state index is 0.738. The molecule has 14 heavy (non-hydrogen) atoms. The lowest BCUT2D eigenvalue weighted by atomic mass is 10.3. The van der Waals surface area contributed by atoms with Crippen molar-refractivity contribution in [2.45, 2.75) is 6.54 Å². The Morgan fingerprint density at radius 3 is 2.71 bits per heavy atom. The molecule has 0 aliphatic heterocycles. The van der Waals surface area contributed by atoms with E-state index in [9.17, 15) is 0 Å². The van der Waals surface area contributed by atoms with Crippen LogP contribution in [0, 0.1) is 0 Å². The number of aromatic nitrogens is 3. The van der Waals surface area contributed by atoms with E-state index in [0.29, 0.717) is 0 Å². The zero-order valence-corrected chi connectivity index (χ0v) is 7.57. The molecule has 5 nitrogen and oxygen atoms in total. The summed E-state index contributed by atoms with van der Waals surface area (Å²) < 4.78 is 0. The number of hydrogen-bond donors (Lipinski definition) is 3. The molecule has 2 aromatic heterocycles. The van der Waals surface area contributed by atoms with E-state index in [1.807, 2.05) is 18.2 Å².